The summed E-state index contributed by atoms with van der Waals surface area (Å²) in [4.78, 5) is 13.2. The number of ether oxygens (including phenoxy) is 6. The van der Waals surface area contributed by atoms with Crippen molar-refractivity contribution in [3.05, 3.63) is 60.8 Å². The second-order valence-electron chi connectivity index (χ2n) is 17.9. The van der Waals surface area contributed by atoms with Crippen LogP contribution in [0.2, 0.25) is 0 Å². The highest BCUT2D eigenvalue weighted by Crippen LogP contribution is 2.33. The molecule has 0 aromatic carbocycles. The van der Waals surface area contributed by atoms with Gasteiger partial charge in [-0.25, -0.2) is 0 Å². The van der Waals surface area contributed by atoms with Crippen LogP contribution in [0.3, 0.4) is 0 Å². The van der Waals surface area contributed by atoms with Gasteiger partial charge in [0.1, 0.15) is 73.2 Å². The molecule has 3 aliphatic rings. The van der Waals surface area contributed by atoms with Crippen molar-refractivity contribution in [2.24, 2.45) is 0 Å². The number of aliphatic hydroxyl groups excluding tert-OH is 11. The third-order valence-corrected chi connectivity index (χ3v) is 12.3. The topological polar surface area (TPSA) is 307 Å². The standard InChI is InChI=1S/C50H85NO18/c1-3-5-7-9-11-12-13-14-15-16-17-18-19-20-22-24-26-28-38(56)51-33(34(55)27-25-23-21-10-8-6-4-2)32-64-48-44(62)41(59)46(36(30-53)66-48)69-50-45(63)42(60)47(37(31-54)67-50)68-49-43(61)40(58)39(57)35(29-52)65-49/h5,7,11-12,14-15,17-18,25,27,33-37,39-50,52-55,57-63H,3-4,6,8-10,13,16,19-24,26,28-32H2,1-2H3,(H,51,56)/b7-5-,12-11-,15-14-,18-17-,27-25+. The number of hydrogen-bond donors (Lipinski definition) is 12. The Morgan fingerprint density at radius 3 is 1.55 bits per heavy atom. The minimum Gasteiger partial charge on any atom is -0.394 e. The van der Waals surface area contributed by atoms with Gasteiger partial charge in [0.25, 0.3) is 0 Å². The van der Waals surface area contributed by atoms with Crippen molar-refractivity contribution in [1.29, 1.82) is 0 Å². The summed E-state index contributed by atoms with van der Waals surface area (Å²) >= 11 is 0. The SMILES string of the molecule is CC/C=C\C/C=C\C/C=C\C/C=C\CCCCCCC(=O)NC(COC1OC(CO)C(OC2OC(CO)C(OC3OC(CO)C(O)C(O)C3O)C(O)C2O)C(O)C1O)C(O)/C=C/CCCCCCC. The Hall–Kier alpha value is -2.51. The number of carbonyl (C=O) groups excluding carboxylic acids is 1. The number of amides is 1. The van der Waals surface area contributed by atoms with Gasteiger partial charge in [-0.15, -0.1) is 0 Å². The van der Waals surface area contributed by atoms with E-state index >= 15 is 0 Å². The minimum absolute atomic E-state index is 0.211. The number of unbranched alkanes of at least 4 members (excludes halogenated alkanes) is 9. The smallest absolute Gasteiger partial charge is 0.220 e. The van der Waals surface area contributed by atoms with Gasteiger partial charge in [-0.05, 0) is 57.8 Å². The Morgan fingerprint density at radius 1 is 0.536 bits per heavy atom. The predicted molar refractivity (Wildman–Crippen MR) is 254 cm³/mol. The Labute approximate surface area is 407 Å². The van der Waals surface area contributed by atoms with Crippen molar-refractivity contribution < 1.29 is 89.4 Å². The van der Waals surface area contributed by atoms with Crippen molar-refractivity contribution in [2.45, 2.75) is 221 Å². The fraction of sp³-hybridized carbons (Fsp3) is 0.780. The highest BCUT2D eigenvalue weighted by atomic mass is 16.8. The second-order valence-corrected chi connectivity index (χ2v) is 17.9. The third-order valence-electron chi connectivity index (χ3n) is 12.3. The summed E-state index contributed by atoms with van der Waals surface area (Å²) < 4.78 is 34.0. The number of carbonyl (C=O) groups is 1. The summed E-state index contributed by atoms with van der Waals surface area (Å²) in [6, 6.07) is -0.984. The van der Waals surface area contributed by atoms with Gasteiger partial charge in [-0.2, -0.15) is 0 Å². The zero-order chi connectivity index (χ0) is 50.6. The van der Waals surface area contributed by atoms with Crippen LogP contribution >= 0.6 is 0 Å². The molecule has 0 radical (unpaired) electrons. The van der Waals surface area contributed by atoms with Crippen LogP contribution in [0.25, 0.3) is 0 Å². The lowest BCUT2D eigenvalue weighted by molar-refractivity contribution is -0.379. The van der Waals surface area contributed by atoms with Crippen LogP contribution in [0.15, 0.2) is 60.8 Å². The van der Waals surface area contributed by atoms with Gasteiger partial charge in [-0.1, -0.05) is 113 Å². The van der Waals surface area contributed by atoms with E-state index in [1.165, 1.54) is 0 Å². The molecule has 17 atom stereocenters. The van der Waals surface area contributed by atoms with Crippen LogP contribution in [0.1, 0.15) is 117 Å². The maximum atomic E-state index is 13.2. The first kappa shape index (κ1) is 60.8. The second kappa shape index (κ2) is 34.8. The van der Waals surface area contributed by atoms with E-state index in [1.54, 1.807) is 6.08 Å². The number of rotatable bonds is 33. The van der Waals surface area contributed by atoms with Crippen LogP contribution in [0.5, 0.6) is 0 Å². The minimum atomic E-state index is -1.98. The molecule has 3 fully saturated rings. The van der Waals surface area contributed by atoms with Crippen LogP contribution in [-0.2, 0) is 33.2 Å². The molecule has 3 saturated heterocycles. The van der Waals surface area contributed by atoms with Crippen molar-refractivity contribution in [3.8, 4) is 0 Å². The van der Waals surface area contributed by atoms with Gasteiger partial charge in [-0.3, -0.25) is 4.79 Å². The average Bonchev–Trinajstić information content (AvgIpc) is 3.34. The number of hydrogen-bond acceptors (Lipinski definition) is 18. The molecule has 3 aliphatic heterocycles. The van der Waals surface area contributed by atoms with Gasteiger partial charge in [0.05, 0.1) is 38.6 Å². The Bertz CT molecular complexity index is 1510. The Kier molecular flexibility index (Phi) is 30.6. The normalized spacial score (nSPS) is 33.4. The van der Waals surface area contributed by atoms with Crippen LogP contribution in [0.4, 0.5) is 0 Å². The first-order valence-electron chi connectivity index (χ1n) is 25.0. The molecule has 0 aromatic heterocycles. The summed E-state index contributed by atoms with van der Waals surface area (Å²) in [6.45, 7) is 1.46. The molecule has 17 unspecified atom stereocenters. The monoisotopic (exact) mass is 988 g/mol. The highest BCUT2D eigenvalue weighted by Gasteiger charge is 2.53. The zero-order valence-corrected chi connectivity index (χ0v) is 40.5. The molecule has 12 N–H and O–H groups in total. The molecule has 0 aliphatic carbocycles. The quantitative estimate of drug-likeness (QED) is 0.0326. The van der Waals surface area contributed by atoms with E-state index in [4.69, 9.17) is 28.4 Å². The Morgan fingerprint density at radius 2 is 1.00 bits per heavy atom. The molecule has 3 rings (SSSR count). The maximum absolute atomic E-state index is 13.2. The molecule has 69 heavy (non-hydrogen) atoms. The van der Waals surface area contributed by atoms with Crippen molar-refractivity contribution in [2.75, 3.05) is 26.4 Å². The molecule has 19 nitrogen and oxygen atoms in total. The van der Waals surface area contributed by atoms with E-state index in [1.807, 2.05) is 6.08 Å². The van der Waals surface area contributed by atoms with Crippen LogP contribution in [0, 0.1) is 0 Å². The average molecular weight is 988 g/mol. The summed E-state index contributed by atoms with van der Waals surface area (Å²) in [5.41, 5.74) is 0. The number of allylic oxidation sites excluding steroid dienone is 9. The molecule has 398 valence electrons. The van der Waals surface area contributed by atoms with Gasteiger partial charge in [0.2, 0.25) is 5.91 Å². The largest absolute Gasteiger partial charge is 0.394 e. The molecule has 0 bridgehead atoms. The molecule has 0 spiro atoms. The number of aliphatic hydroxyl groups is 11. The molecule has 1 amide bonds. The third kappa shape index (κ3) is 20.9. The molecule has 3 heterocycles. The lowest BCUT2D eigenvalue weighted by atomic mass is 9.96. The van der Waals surface area contributed by atoms with E-state index in [-0.39, 0.29) is 18.9 Å². The van der Waals surface area contributed by atoms with Crippen molar-refractivity contribution >= 4 is 5.91 Å². The lowest BCUT2D eigenvalue weighted by Crippen LogP contribution is -2.66. The van der Waals surface area contributed by atoms with Gasteiger partial charge in [0.15, 0.2) is 18.9 Å². The first-order valence-corrected chi connectivity index (χ1v) is 25.0. The van der Waals surface area contributed by atoms with Gasteiger partial charge >= 0.3 is 0 Å². The van der Waals surface area contributed by atoms with Crippen molar-refractivity contribution in [3.63, 3.8) is 0 Å². The summed E-state index contributed by atoms with van der Waals surface area (Å²) in [6.07, 6.45) is 8.32. The van der Waals surface area contributed by atoms with E-state index in [0.29, 0.717) is 6.42 Å². The van der Waals surface area contributed by atoms with Crippen LogP contribution in [-0.4, -0.2) is 193 Å². The molecular formula is C50H85NO18. The predicted octanol–water partition coefficient (Wildman–Crippen LogP) is 1.36. The fourth-order valence-electron chi connectivity index (χ4n) is 8.12. The van der Waals surface area contributed by atoms with E-state index in [2.05, 4.69) is 67.8 Å². The zero-order valence-electron chi connectivity index (χ0n) is 40.5. The van der Waals surface area contributed by atoms with Crippen molar-refractivity contribution in [1.82, 2.24) is 5.32 Å². The van der Waals surface area contributed by atoms with Gasteiger partial charge in [0, 0.05) is 6.42 Å². The summed E-state index contributed by atoms with van der Waals surface area (Å²) in [5.74, 6) is -0.309. The lowest BCUT2D eigenvalue weighted by Gasteiger charge is -2.48. The number of nitrogens with one attached hydrogen (secondary N) is 1. The molecule has 0 aromatic rings. The molecule has 19 heteroatoms. The van der Waals surface area contributed by atoms with E-state index < -0.39 is 124 Å². The summed E-state index contributed by atoms with van der Waals surface area (Å²) in [5, 5.41) is 119. The molecule has 0 saturated carbocycles. The molecular weight excluding hydrogens is 903 g/mol. The van der Waals surface area contributed by atoms with Gasteiger partial charge < -0.3 is 89.9 Å². The van der Waals surface area contributed by atoms with E-state index in [0.717, 1.165) is 89.9 Å². The first-order chi connectivity index (χ1) is 33.3. The summed E-state index contributed by atoms with van der Waals surface area (Å²) in [7, 11) is 0. The fourth-order valence-corrected chi connectivity index (χ4v) is 8.12. The Balaban J connectivity index is 1.54. The van der Waals surface area contributed by atoms with Crippen LogP contribution < -0.4 is 5.32 Å². The highest BCUT2D eigenvalue weighted by molar-refractivity contribution is 5.76. The maximum Gasteiger partial charge on any atom is 0.220 e. The van der Waals surface area contributed by atoms with E-state index in [9.17, 15) is 61.0 Å².